The Morgan fingerprint density at radius 2 is 1.62 bits per heavy atom. The molecule has 168 valence electrons. The average Bonchev–Trinajstić information content (AvgIpc) is 2.77. The molecule has 1 heterocycles. The Morgan fingerprint density at radius 1 is 0.906 bits per heavy atom. The monoisotopic (exact) mass is 446 g/mol. The van der Waals surface area contributed by atoms with Crippen LogP contribution in [0.25, 0.3) is 0 Å². The number of rotatable bonds is 6. The highest BCUT2D eigenvalue weighted by Gasteiger charge is 2.35. The Labute approximate surface area is 182 Å². The molecule has 2 N–H and O–H groups in total. The molecule has 1 aliphatic carbocycles. The van der Waals surface area contributed by atoms with E-state index in [4.69, 9.17) is 4.74 Å². The third kappa shape index (κ3) is 5.46. The van der Waals surface area contributed by atoms with Gasteiger partial charge in [0.15, 0.2) is 0 Å². The lowest BCUT2D eigenvalue weighted by atomic mass is 9.98. The van der Waals surface area contributed by atoms with E-state index in [1.165, 1.54) is 37.5 Å². The predicted octanol–water partition coefficient (Wildman–Crippen LogP) is 6.83. The van der Waals surface area contributed by atoms with Gasteiger partial charge in [0.05, 0.1) is 11.8 Å². The maximum absolute atomic E-state index is 13.9. The van der Waals surface area contributed by atoms with Crippen LogP contribution in [0.3, 0.4) is 0 Å². The zero-order chi connectivity index (χ0) is 22.6. The lowest BCUT2D eigenvalue weighted by molar-refractivity contribution is -0.137. The Kier molecular flexibility index (Phi) is 6.43. The van der Waals surface area contributed by atoms with E-state index in [2.05, 4.69) is 20.6 Å². The lowest BCUT2D eigenvalue weighted by Crippen LogP contribution is -2.19. The Bertz CT molecular complexity index is 1050. The maximum atomic E-state index is 13.9. The van der Waals surface area contributed by atoms with Gasteiger partial charge in [0, 0.05) is 11.9 Å². The fourth-order valence-electron chi connectivity index (χ4n) is 3.56. The van der Waals surface area contributed by atoms with Crippen molar-refractivity contribution < 1.29 is 22.3 Å². The Morgan fingerprint density at radius 3 is 2.31 bits per heavy atom. The van der Waals surface area contributed by atoms with Crippen molar-refractivity contribution in [3.63, 3.8) is 0 Å². The molecule has 0 spiro atoms. The highest BCUT2D eigenvalue weighted by Crippen LogP contribution is 2.35. The SMILES string of the molecule is Fc1ccccc1Nc1nc(Nc2ccc(OC3CCCCC3)cc2)ncc1C(F)(F)F. The number of nitrogens with zero attached hydrogens (tertiary/aromatic N) is 2. The van der Waals surface area contributed by atoms with Crippen LogP contribution < -0.4 is 15.4 Å². The van der Waals surface area contributed by atoms with Crippen LogP contribution in [0.1, 0.15) is 37.7 Å². The molecule has 1 saturated carbocycles. The first-order valence-corrected chi connectivity index (χ1v) is 10.4. The zero-order valence-electron chi connectivity index (χ0n) is 17.1. The number of nitrogens with one attached hydrogen (secondary N) is 2. The number of anilines is 4. The number of hydrogen-bond donors (Lipinski definition) is 2. The second-order valence-electron chi connectivity index (χ2n) is 7.59. The highest BCUT2D eigenvalue weighted by molar-refractivity contribution is 5.63. The molecule has 0 atom stereocenters. The van der Waals surface area contributed by atoms with Crippen molar-refractivity contribution in [1.29, 1.82) is 0 Å². The minimum Gasteiger partial charge on any atom is -0.490 e. The number of ether oxygens (including phenoxy) is 1. The van der Waals surface area contributed by atoms with E-state index in [-0.39, 0.29) is 17.7 Å². The first-order chi connectivity index (χ1) is 15.4. The molecule has 9 heteroatoms. The molecule has 32 heavy (non-hydrogen) atoms. The quantitative estimate of drug-likeness (QED) is 0.406. The molecule has 0 aliphatic heterocycles. The smallest absolute Gasteiger partial charge is 0.421 e. The van der Waals surface area contributed by atoms with Gasteiger partial charge in [-0.15, -0.1) is 0 Å². The number of benzene rings is 2. The summed E-state index contributed by atoms with van der Waals surface area (Å²) in [7, 11) is 0. The second-order valence-corrected chi connectivity index (χ2v) is 7.59. The molecule has 3 aromatic rings. The summed E-state index contributed by atoms with van der Waals surface area (Å²) in [6, 6.07) is 12.5. The number of hydrogen-bond acceptors (Lipinski definition) is 5. The molecule has 4 rings (SSSR count). The molecule has 0 radical (unpaired) electrons. The van der Waals surface area contributed by atoms with E-state index in [0.717, 1.165) is 24.7 Å². The molecular weight excluding hydrogens is 424 g/mol. The molecule has 5 nitrogen and oxygen atoms in total. The average molecular weight is 446 g/mol. The van der Waals surface area contributed by atoms with Crippen LogP contribution in [0.5, 0.6) is 5.75 Å². The van der Waals surface area contributed by atoms with Crippen LogP contribution in [0.4, 0.5) is 40.7 Å². The molecule has 0 saturated heterocycles. The van der Waals surface area contributed by atoms with E-state index >= 15 is 0 Å². The Balaban J connectivity index is 1.51. The van der Waals surface area contributed by atoms with Gasteiger partial charge in [0.2, 0.25) is 5.95 Å². The van der Waals surface area contributed by atoms with Crippen molar-refractivity contribution in [2.24, 2.45) is 0 Å². The first kappa shape index (κ1) is 21.9. The van der Waals surface area contributed by atoms with Crippen LogP contribution in [0.15, 0.2) is 54.7 Å². The van der Waals surface area contributed by atoms with Crippen LogP contribution in [-0.2, 0) is 6.18 Å². The summed E-state index contributed by atoms with van der Waals surface area (Å²) in [5.74, 6) is -0.560. The molecule has 0 amide bonds. The third-order valence-corrected chi connectivity index (χ3v) is 5.19. The summed E-state index contributed by atoms with van der Waals surface area (Å²) in [5, 5.41) is 5.30. The summed E-state index contributed by atoms with van der Waals surface area (Å²) >= 11 is 0. The van der Waals surface area contributed by atoms with Crippen LogP contribution in [-0.4, -0.2) is 16.1 Å². The summed E-state index contributed by atoms with van der Waals surface area (Å²) < 4.78 is 60.1. The van der Waals surface area contributed by atoms with E-state index in [1.807, 2.05) is 0 Å². The van der Waals surface area contributed by atoms with Crippen molar-refractivity contribution in [3.05, 3.63) is 66.1 Å². The number of halogens is 4. The van der Waals surface area contributed by atoms with Gasteiger partial charge in [-0.1, -0.05) is 18.6 Å². The molecule has 0 unspecified atom stereocenters. The molecule has 1 aliphatic rings. The molecule has 0 bridgehead atoms. The highest BCUT2D eigenvalue weighted by atomic mass is 19.4. The van der Waals surface area contributed by atoms with Gasteiger partial charge in [-0.3, -0.25) is 0 Å². The van der Waals surface area contributed by atoms with Crippen molar-refractivity contribution >= 4 is 23.1 Å². The third-order valence-electron chi connectivity index (χ3n) is 5.19. The lowest BCUT2D eigenvalue weighted by Gasteiger charge is -2.23. The standard InChI is InChI=1S/C23H22F4N4O/c24-19-8-4-5-9-20(19)30-21-18(23(25,26)27)14-28-22(31-21)29-15-10-12-17(13-11-15)32-16-6-2-1-3-7-16/h4-5,8-14,16H,1-3,6-7H2,(H2,28,29,30,31). The van der Waals surface area contributed by atoms with Crippen molar-refractivity contribution in [2.45, 2.75) is 44.4 Å². The molecule has 1 aromatic heterocycles. The largest absolute Gasteiger partial charge is 0.490 e. The van der Waals surface area contributed by atoms with Gasteiger partial charge in [0.1, 0.15) is 22.9 Å². The van der Waals surface area contributed by atoms with Gasteiger partial charge >= 0.3 is 6.18 Å². The zero-order valence-corrected chi connectivity index (χ0v) is 17.1. The minimum atomic E-state index is -4.70. The second kappa shape index (κ2) is 9.42. The molecular formula is C23H22F4N4O. The fourth-order valence-corrected chi connectivity index (χ4v) is 3.56. The van der Waals surface area contributed by atoms with Crippen molar-refractivity contribution in [3.8, 4) is 5.75 Å². The van der Waals surface area contributed by atoms with Crippen molar-refractivity contribution in [1.82, 2.24) is 9.97 Å². The maximum Gasteiger partial charge on any atom is 0.421 e. The summed E-state index contributed by atoms with van der Waals surface area (Å²) in [6.07, 6.45) is 1.83. The molecule has 1 fully saturated rings. The van der Waals surface area contributed by atoms with E-state index in [1.54, 1.807) is 24.3 Å². The van der Waals surface area contributed by atoms with Crippen LogP contribution >= 0.6 is 0 Å². The predicted molar refractivity (Wildman–Crippen MR) is 114 cm³/mol. The fraction of sp³-hybridized carbons (Fsp3) is 0.304. The van der Waals surface area contributed by atoms with Gasteiger partial charge < -0.3 is 15.4 Å². The van der Waals surface area contributed by atoms with E-state index in [9.17, 15) is 17.6 Å². The van der Waals surface area contributed by atoms with Gasteiger partial charge in [0.25, 0.3) is 0 Å². The Hall–Kier alpha value is -3.36. The normalized spacial score (nSPS) is 14.8. The number of alkyl halides is 3. The van der Waals surface area contributed by atoms with Gasteiger partial charge in [-0.25, -0.2) is 9.37 Å². The molecule has 2 aromatic carbocycles. The van der Waals surface area contributed by atoms with Crippen molar-refractivity contribution in [2.75, 3.05) is 10.6 Å². The summed E-state index contributed by atoms with van der Waals surface area (Å²) in [6.45, 7) is 0. The van der Waals surface area contributed by atoms with Gasteiger partial charge in [-0.05, 0) is 62.1 Å². The van der Waals surface area contributed by atoms with Gasteiger partial charge in [-0.2, -0.15) is 18.2 Å². The summed E-state index contributed by atoms with van der Waals surface area (Å²) in [4.78, 5) is 7.71. The van der Waals surface area contributed by atoms with E-state index < -0.39 is 23.4 Å². The van der Waals surface area contributed by atoms with Crippen LogP contribution in [0.2, 0.25) is 0 Å². The minimum absolute atomic E-state index is 0.0576. The topological polar surface area (TPSA) is 59.1 Å². The number of para-hydroxylation sites is 1. The van der Waals surface area contributed by atoms with E-state index in [0.29, 0.717) is 11.9 Å². The number of aromatic nitrogens is 2. The van der Waals surface area contributed by atoms with Crippen LogP contribution in [0, 0.1) is 5.82 Å². The summed E-state index contributed by atoms with van der Waals surface area (Å²) in [5.41, 5.74) is -0.632. The first-order valence-electron chi connectivity index (χ1n) is 10.4.